The number of hydrogen-bond acceptors (Lipinski definition) is 3. The predicted molar refractivity (Wildman–Crippen MR) is 60.9 cm³/mol. The topological polar surface area (TPSA) is 63.6 Å². The molecule has 4 nitrogen and oxygen atoms in total. The van der Waals surface area contributed by atoms with Gasteiger partial charge in [-0.2, -0.15) is 0 Å². The van der Waals surface area contributed by atoms with Gasteiger partial charge in [0, 0.05) is 6.42 Å². The number of hydrogen-bond donors (Lipinski definition) is 1. The van der Waals surface area contributed by atoms with Gasteiger partial charge in [0.25, 0.3) is 0 Å². The number of aliphatic carboxylic acids is 1. The van der Waals surface area contributed by atoms with Crippen molar-refractivity contribution in [3.05, 3.63) is 12.3 Å². The number of carbonyl (C=O) groups excluding carboxylic acids is 1. The van der Waals surface area contributed by atoms with E-state index in [-0.39, 0.29) is 12.4 Å². The summed E-state index contributed by atoms with van der Waals surface area (Å²) in [6.07, 6.45) is 8.17. The SMILES string of the molecule is CCCCCCCC(=O)OC=CCC(=O)O. The molecule has 0 fully saturated rings. The summed E-state index contributed by atoms with van der Waals surface area (Å²) in [5, 5.41) is 8.31. The van der Waals surface area contributed by atoms with Gasteiger partial charge in [0.15, 0.2) is 0 Å². The van der Waals surface area contributed by atoms with Crippen molar-refractivity contribution in [3.63, 3.8) is 0 Å². The van der Waals surface area contributed by atoms with Crippen LogP contribution in [-0.2, 0) is 14.3 Å². The van der Waals surface area contributed by atoms with Gasteiger partial charge in [0.05, 0.1) is 12.7 Å². The normalized spacial score (nSPS) is 10.6. The molecule has 0 unspecified atom stereocenters. The Labute approximate surface area is 96.3 Å². The Morgan fingerprint density at radius 2 is 1.88 bits per heavy atom. The summed E-state index contributed by atoms with van der Waals surface area (Å²) < 4.78 is 4.72. The lowest BCUT2D eigenvalue weighted by Crippen LogP contribution is -1.99. The second-order valence-electron chi connectivity index (χ2n) is 3.62. The molecule has 0 amide bonds. The highest BCUT2D eigenvalue weighted by Crippen LogP contribution is 2.05. The maximum Gasteiger partial charge on any atom is 0.310 e. The van der Waals surface area contributed by atoms with Crippen molar-refractivity contribution in [3.8, 4) is 0 Å². The Balaban J connectivity index is 3.37. The third kappa shape index (κ3) is 10.8. The number of unbranched alkanes of at least 4 members (excludes halogenated alkanes) is 4. The summed E-state index contributed by atoms with van der Waals surface area (Å²) in [4.78, 5) is 21.2. The van der Waals surface area contributed by atoms with Gasteiger partial charge in [0.1, 0.15) is 0 Å². The van der Waals surface area contributed by atoms with E-state index >= 15 is 0 Å². The Bertz CT molecular complexity index is 233. The first-order valence-corrected chi connectivity index (χ1v) is 5.73. The smallest absolute Gasteiger partial charge is 0.310 e. The largest absolute Gasteiger partial charge is 0.481 e. The van der Waals surface area contributed by atoms with E-state index in [1.807, 2.05) is 0 Å². The predicted octanol–water partition coefficient (Wildman–Crippen LogP) is 2.88. The van der Waals surface area contributed by atoms with E-state index in [4.69, 9.17) is 9.84 Å². The Kier molecular flexibility index (Phi) is 9.36. The molecule has 0 aromatic carbocycles. The van der Waals surface area contributed by atoms with Crippen LogP contribution in [0, 0.1) is 0 Å². The number of carboxylic acids is 1. The molecule has 0 saturated heterocycles. The second kappa shape index (κ2) is 10.2. The Morgan fingerprint density at radius 3 is 2.50 bits per heavy atom. The zero-order chi connectivity index (χ0) is 12.2. The summed E-state index contributed by atoms with van der Waals surface area (Å²) in [5.41, 5.74) is 0. The maximum atomic E-state index is 11.1. The first-order chi connectivity index (χ1) is 7.66. The third-order valence-electron chi connectivity index (χ3n) is 2.07. The summed E-state index contributed by atoms with van der Waals surface area (Å²) in [7, 11) is 0. The highest BCUT2D eigenvalue weighted by molar-refractivity contribution is 5.70. The molecule has 0 heterocycles. The molecule has 0 aromatic heterocycles. The Morgan fingerprint density at radius 1 is 1.19 bits per heavy atom. The van der Waals surface area contributed by atoms with Crippen molar-refractivity contribution < 1.29 is 19.4 Å². The zero-order valence-corrected chi connectivity index (χ0v) is 9.78. The average Bonchev–Trinajstić information content (AvgIpc) is 2.24. The number of ether oxygens (including phenoxy) is 1. The second-order valence-corrected chi connectivity index (χ2v) is 3.62. The number of esters is 1. The van der Waals surface area contributed by atoms with E-state index in [0.29, 0.717) is 6.42 Å². The van der Waals surface area contributed by atoms with Crippen LogP contribution in [0.4, 0.5) is 0 Å². The van der Waals surface area contributed by atoms with E-state index in [0.717, 1.165) is 25.5 Å². The van der Waals surface area contributed by atoms with Gasteiger partial charge in [-0.1, -0.05) is 32.6 Å². The molecular formula is C12H20O4. The van der Waals surface area contributed by atoms with Crippen LogP contribution in [0.15, 0.2) is 12.3 Å². The third-order valence-corrected chi connectivity index (χ3v) is 2.07. The van der Waals surface area contributed by atoms with Crippen LogP contribution in [0.3, 0.4) is 0 Å². The van der Waals surface area contributed by atoms with Crippen LogP contribution in [0.2, 0.25) is 0 Å². The van der Waals surface area contributed by atoms with Crippen molar-refractivity contribution >= 4 is 11.9 Å². The molecule has 0 rings (SSSR count). The van der Waals surface area contributed by atoms with Gasteiger partial charge in [-0.05, 0) is 12.5 Å². The van der Waals surface area contributed by atoms with Crippen LogP contribution >= 0.6 is 0 Å². The van der Waals surface area contributed by atoms with Gasteiger partial charge < -0.3 is 9.84 Å². The highest BCUT2D eigenvalue weighted by Gasteiger charge is 2.00. The van der Waals surface area contributed by atoms with Gasteiger partial charge >= 0.3 is 11.9 Å². The molecule has 0 saturated carbocycles. The van der Waals surface area contributed by atoms with Crippen LogP contribution in [-0.4, -0.2) is 17.0 Å². The highest BCUT2D eigenvalue weighted by atomic mass is 16.5. The summed E-state index contributed by atoms with van der Waals surface area (Å²) in [6, 6.07) is 0. The molecule has 0 aliphatic carbocycles. The minimum atomic E-state index is -0.938. The molecule has 0 aromatic rings. The quantitative estimate of drug-likeness (QED) is 0.374. The summed E-state index contributed by atoms with van der Waals surface area (Å²) in [5.74, 6) is -1.23. The first-order valence-electron chi connectivity index (χ1n) is 5.73. The van der Waals surface area contributed by atoms with E-state index in [1.54, 1.807) is 0 Å². The number of carbonyl (C=O) groups is 2. The van der Waals surface area contributed by atoms with Gasteiger partial charge in [-0.25, -0.2) is 0 Å². The van der Waals surface area contributed by atoms with E-state index in [1.165, 1.54) is 18.9 Å². The van der Waals surface area contributed by atoms with E-state index in [9.17, 15) is 9.59 Å². The molecule has 0 aliphatic heterocycles. The minimum absolute atomic E-state index is 0.121. The fraction of sp³-hybridized carbons (Fsp3) is 0.667. The lowest BCUT2D eigenvalue weighted by atomic mass is 10.1. The van der Waals surface area contributed by atoms with Crippen LogP contribution in [0.1, 0.15) is 51.9 Å². The molecule has 0 radical (unpaired) electrons. The lowest BCUT2D eigenvalue weighted by molar-refractivity contribution is -0.139. The van der Waals surface area contributed by atoms with Crippen LogP contribution < -0.4 is 0 Å². The molecule has 4 heteroatoms. The standard InChI is InChI=1S/C12H20O4/c1-2-3-4-5-6-9-12(15)16-10-7-8-11(13)14/h7,10H,2-6,8-9H2,1H3,(H,13,14). The molecule has 92 valence electrons. The van der Waals surface area contributed by atoms with Gasteiger partial charge in [0.2, 0.25) is 0 Å². The first kappa shape index (κ1) is 14.7. The average molecular weight is 228 g/mol. The molecule has 0 bridgehead atoms. The van der Waals surface area contributed by atoms with Gasteiger partial charge in [-0.3, -0.25) is 9.59 Å². The summed E-state index contributed by atoms with van der Waals surface area (Å²) >= 11 is 0. The summed E-state index contributed by atoms with van der Waals surface area (Å²) in [6.45, 7) is 2.14. The minimum Gasteiger partial charge on any atom is -0.481 e. The van der Waals surface area contributed by atoms with E-state index in [2.05, 4.69) is 6.92 Å². The monoisotopic (exact) mass is 228 g/mol. The van der Waals surface area contributed by atoms with Crippen molar-refractivity contribution in [1.82, 2.24) is 0 Å². The molecule has 1 N–H and O–H groups in total. The number of carboxylic acid groups (broad SMARTS) is 1. The molecule has 0 aliphatic rings. The molecule has 16 heavy (non-hydrogen) atoms. The van der Waals surface area contributed by atoms with Crippen LogP contribution in [0.5, 0.6) is 0 Å². The number of rotatable bonds is 9. The molecule has 0 atom stereocenters. The fourth-order valence-electron chi connectivity index (χ4n) is 1.20. The lowest BCUT2D eigenvalue weighted by Gasteiger charge is -1.99. The van der Waals surface area contributed by atoms with Crippen molar-refractivity contribution in [2.75, 3.05) is 0 Å². The zero-order valence-electron chi connectivity index (χ0n) is 9.78. The maximum absolute atomic E-state index is 11.1. The van der Waals surface area contributed by atoms with Crippen molar-refractivity contribution in [1.29, 1.82) is 0 Å². The van der Waals surface area contributed by atoms with Crippen molar-refractivity contribution in [2.24, 2.45) is 0 Å². The fourth-order valence-corrected chi connectivity index (χ4v) is 1.20. The molecular weight excluding hydrogens is 208 g/mol. The van der Waals surface area contributed by atoms with Crippen LogP contribution in [0.25, 0.3) is 0 Å². The van der Waals surface area contributed by atoms with Crippen molar-refractivity contribution in [2.45, 2.75) is 51.9 Å². The van der Waals surface area contributed by atoms with E-state index < -0.39 is 5.97 Å². The Hall–Kier alpha value is -1.32. The molecule has 0 spiro atoms. The van der Waals surface area contributed by atoms with Gasteiger partial charge in [-0.15, -0.1) is 0 Å².